The molecule has 0 heterocycles. The lowest BCUT2D eigenvalue weighted by Gasteiger charge is -2.28. The molecule has 0 aromatic heterocycles. The van der Waals surface area contributed by atoms with E-state index in [1.165, 1.54) is 6.92 Å². The van der Waals surface area contributed by atoms with Gasteiger partial charge in [0.15, 0.2) is 13.5 Å². The molecule has 1 rings (SSSR count). The zero-order valence-corrected chi connectivity index (χ0v) is 13.5. The van der Waals surface area contributed by atoms with Crippen molar-refractivity contribution in [1.29, 1.82) is 0 Å². The fourth-order valence-corrected chi connectivity index (χ4v) is 3.65. The highest BCUT2D eigenvalue weighted by Gasteiger charge is 2.42. The summed E-state index contributed by atoms with van der Waals surface area (Å²) in [7, 11) is -3.40. The molecule has 6 heteroatoms. The summed E-state index contributed by atoms with van der Waals surface area (Å²) >= 11 is 6.42. The van der Waals surface area contributed by atoms with E-state index >= 15 is 0 Å². The number of sulfone groups is 1. The first-order valence-corrected chi connectivity index (χ1v) is 8.31. The normalized spacial score (nSPS) is 17.5. The van der Waals surface area contributed by atoms with E-state index < -0.39 is 19.6 Å². The van der Waals surface area contributed by atoms with Crippen molar-refractivity contribution in [2.75, 3.05) is 5.75 Å². The Morgan fingerprint density at radius 2 is 1.82 bits per heavy atom. The van der Waals surface area contributed by atoms with Gasteiger partial charge in [-0.15, -0.1) is 0 Å². The molecule has 0 unspecified atom stereocenters. The number of halogens is 2. The molecule has 0 radical (unpaired) electrons. The number of hydrogen-bond donors (Lipinski definition) is 1. The van der Waals surface area contributed by atoms with Gasteiger partial charge in [-0.05, 0) is 24.6 Å². The summed E-state index contributed by atoms with van der Waals surface area (Å²) in [5.41, 5.74) is 0.560. The maximum Gasteiger partial charge on any atom is 0.168 e. The van der Waals surface area contributed by atoms with Crippen LogP contribution >= 0.6 is 31.9 Å². The Morgan fingerprint density at radius 3 is 2.24 bits per heavy atom. The molecule has 1 aromatic carbocycles. The molecule has 0 aliphatic heterocycles. The van der Waals surface area contributed by atoms with Crippen LogP contribution in [-0.2, 0) is 9.84 Å². The summed E-state index contributed by atoms with van der Waals surface area (Å²) in [5, 5.41) is 10.2. The lowest BCUT2D eigenvalue weighted by atomic mass is 10.1. The first kappa shape index (κ1) is 15.1. The van der Waals surface area contributed by atoms with Gasteiger partial charge in [-0.1, -0.05) is 50.9 Å². The number of benzene rings is 1. The molecule has 0 spiro atoms. The van der Waals surface area contributed by atoms with E-state index in [9.17, 15) is 13.5 Å². The topological polar surface area (TPSA) is 54.4 Å². The summed E-state index contributed by atoms with van der Waals surface area (Å²) in [4.78, 5) is 0. The van der Waals surface area contributed by atoms with E-state index in [0.29, 0.717) is 5.56 Å². The van der Waals surface area contributed by atoms with E-state index in [1.807, 2.05) is 0 Å². The standard InChI is InChI=1S/C11H14Br2O3S/c1-3-17(15,16)11(2,13)10(14)8-4-6-9(12)7-5-8/h4-7,10,14H,3H2,1-2H3/t10-,11-/m0/s1. The Labute approximate surface area is 118 Å². The molecule has 17 heavy (non-hydrogen) atoms. The van der Waals surface area contributed by atoms with Crippen LogP contribution in [0.2, 0.25) is 0 Å². The molecule has 3 nitrogen and oxygen atoms in total. The number of hydrogen-bond acceptors (Lipinski definition) is 3. The van der Waals surface area contributed by atoms with Gasteiger partial charge in [0, 0.05) is 10.2 Å². The minimum absolute atomic E-state index is 0.0255. The predicted octanol–water partition coefficient (Wildman–Crippen LogP) is 3.03. The minimum Gasteiger partial charge on any atom is -0.386 e. The summed E-state index contributed by atoms with van der Waals surface area (Å²) in [5.74, 6) is -0.0255. The van der Waals surface area contributed by atoms with Crippen molar-refractivity contribution in [3.63, 3.8) is 0 Å². The van der Waals surface area contributed by atoms with E-state index in [0.717, 1.165) is 4.47 Å². The van der Waals surface area contributed by atoms with Crippen LogP contribution in [0.1, 0.15) is 25.5 Å². The lowest BCUT2D eigenvalue weighted by Crippen LogP contribution is -2.36. The highest BCUT2D eigenvalue weighted by molar-refractivity contribution is 9.11. The molecule has 0 saturated carbocycles. The van der Waals surface area contributed by atoms with Gasteiger partial charge in [-0.3, -0.25) is 0 Å². The molecular weight excluding hydrogens is 372 g/mol. The zero-order chi connectivity index (χ0) is 13.3. The second-order valence-corrected chi connectivity index (χ2v) is 9.59. The number of aliphatic hydroxyl groups is 1. The quantitative estimate of drug-likeness (QED) is 0.810. The maximum atomic E-state index is 11.9. The number of alkyl halides is 1. The van der Waals surface area contributed by atoms with E-state index in [1.54, 1.807) is 31.2 Å². The highest BCUT2D eigenvalue weighted by atomic mass is 79.9. The Bertz CT molecular complexity index is 480. The predicted molar refractivity (Wildman–Crippen MR) is 75.9 cm³/mol. The highest BCUT2D eigenvalue weighted by Crippen LogP contribution is 2.39. The SMILES string of the molecule is CCS(=O)(=O)[C@](C)(Br)[C@@H](O)c1ccc(Br)cc1. The molecule has 1 N–H and O–H groups in total. The summed E-state index contributed by atoms with van der Waals surface area (Å²) in [6, 6.07) is 6.92. The third-order valence-electron chi connectivity index (χ3n) is 2.66. The molecule has 1 aromatic rings. The van der Waals surface area contributed by atoms with E-state index in [2.05, 4.69) is 31.9 Å². The number of rotatable bonds is 4. The monoisotopic (exact) mass is 384 g/mol. The van der Waals surface area contributed by atoms with E-state index in [-0.39, 0.29) is 5.75 Å². The second kappa shape index (κ2) is 5.38. The van der Waals surface area contributed by atoms with Crippen molar-refractivity contribution in [2.45, 2.75) is 23.6 Å². The van der Waals surface area contributed by atoms with Crippen molar-refractivity contribution in [1.82, 2.24) is 0 Å². The van der Waals surface area contributed by atoms with Gasteiger partial charge in [-0.2, -0.15) is 0 Å². The molecule has 0 bridgehead atoms. The second-order valence-electron chi connectivity index (χ2n) is 3.84. The van der Waals surface area contributed by atoms with Crippen LogP contribution in [-0.4, -0.2) is 22.9 Å². The Balaban J connectivity index is 3.12. The lowest BCUT2D eigenvalue weighted by molar-refractivity contribution is 0.167. The van der Waals surface area contributed by atoms with Gasteiger partial charge in [0.2, 0.25) is 0 Å². The van der Waals surface area contributed by atoms with Crippen molar-refractivity contribution in [3.8, 4) is 0 Å². The van der Waals surface area contributed by atoms with Gasteiger partial charge >= 0.3 is 0 Å². The van der Waals surface area contributed by atoms with Gasteiger partial charge < -0.3 is 5.11 Å². The molecule has 0 fully saturated rings. The molecule has 2 atom stereocenters. The molecule has 0 amide bonds. The summed E-state index contributed by atoms with van der Waals surface area (Å²) in [6.07, 6.45) is -1.11. The zero-order valence-electron chi connectivity index (χ0n) is 9.52. The smallest absolute Gasteiger partial charge is 0.168 e. The van der Waals surface area contributed by atoms with Crippen molar-refractivity contribution >= 4 is 41.7 Å². The summed E-state index contributed by atoms with van der Waals surface area (Å²) < 4.78 is 23.3. The van der Waals surface area contributed by atoms with Crippen LogP contribution in [0.25, 0.3) is 0 Å². The maximum absolute atomic E-state index is 11.9. The van der Waals surface area contributed by atoms with Gasteiger partial charge in [-0.25, -0.2) is 8.42 Å². The van der Waals surface area contributed by atoms with Crippen molar-refractivity contribution in [2.24, 2.45) is 0 Å². The fraction of sp³-hybridized carbons (Fsp3) is 0.455. The first-order chi connectivity index (χ1) is 7.72. The fourth-order valence-electron chi connectivity index (χ4n) is 1.40. The third kappa shape index (κ3) is 3.10. The van der Waals surface area contributed by atoms with Crippen molar-refractivity contribution < 1.29 is 13.5 Å². The van der Waals surface area contributed by atoms with E-state index in [4.69, 9.17) is 0 Å². The van der Waals surface area contributed by atoms with Crippen molar-refractivity contribution in [3.05, 3.63) is 34.3 Å². The Hall–Kier alpha value is 0.0900. The molecule has 0 aliphatic carbocycles. The average molecular weight is 386 g/mol. The molecule has 96 valence electrons. The van der Waals surface area contributed by atoms with Crippen LogP contribution < -0.4 is 0 Å². The number of aliphatic hydroxyl groups excluding tert-OH is 1. The summed E-state index contributed by atoms with van der Waals surface area (Å²) in [6.45, 7) is 3.03. The van der Waals surface area contributed by atoms with Gasteiger partial charge in [0.1, 0.15) is 6.10 Å². The molecular formula is C11H14Br2O3S. The first-order valence-electron chi connectivity index (χ1n) is 5.07. The van der Waals surface area contributed by atoms with Gasteiger partial charge in [0.05, 0.1) is 0 Å². The largest absolute Gasteiger partial charge is 0.386 e. The molecule has 0 aliphatic rings. The Morgan fingerprint density at radius 1 is 1.35 bits per heavy atom. The third-order valence-corrected chi connectivity index (χ3v) is 7.30. The van der Waals surface area contributed by atoms with Crippen LogP contribution in [0, 0.1) is 0 Å². The Kier molecular flexibility index (Phi) is 4.80. The van der Waals surface area contributed by atoms with Crippen LogP contribution in [0.15, 0.2) is 28.7 Å². The minimum atomic E-state index is -3.40. The molecule has 0 saturated heterocycles. The average Bonchev–Trinajstić information content (AvgIpc) is 2.28. The van der Waals surface area contributed by atoms with Crippen LogP contribution in [0.4, 0.5) is 0 Å². The van der Waals surface area contributed by atoms with Crippen LogP contribution in [0.3, 0.4) is 0 Å². The van der Waals surface area contributed by atoms with Crippen LogP contribution in [0.5, 0.6) is 0 Å². The van der Waals surface area contributed by atoms with Gasteiger partial charge in [0.25, 0.3) is 0 Å².